The molecule has 1 aromatic heterocycles. The molecule has 2 aliphatic rings. The van der Waals surface area contributed by atoms with Crippen LogP contribution in [0.1, 0.15) is 18.2 Å². The summed E-state index contributed by atoms with van der Waals surface area (Å²) in [7, 11) is 0. The molecule has 11 rings (SSSR count). The normalized spacial score (nSPS) is 12.7. The van der Waals surface area contributed by atoms with Crippen LogP contribution < -0.4 is 31.1 Å². The van der Waals surface area contributed by atoms with Gasteiger partial charge in [-0.15, -0.1) is 0 Å². The van der Waals surface area contributed by atoms with Gasteiger partial charge in [0.05, 0.1) is 11.2 Å². The lowest BCUT2D eigenvalue weighted by molar-refractivity contribution is 1.10. The molecule has 60 heavy (non-hydrogen) atoms. The zero-order valence-electron chi connectivity index (χ0n) is 33.4. The van der Waals surface area contributed by atoms with Gasteiger partial charge in [0, 0.05) is 67.8 Å². The first-order valence-corrected chi connectivity index (χ1v) is 20.6. The van der Waals surface area contributed by atoms with Crippen molar-refractivity contribution in [3.8, 4) is 5.69 Å². The van der Waals surface area contributed by atoms with Gasteiger partial charge in [-0.25, -0.2) is 0 Å². The molecule has 8 aromatic carbocycles. The van der Waals surface area contributed by atoms with Gasteiger partial charge in [0.2, 0.25) is 0 Å². The standard InChI is InChI=1S/C55H41BN4/c1-3-21-45-46-37-48-54(38-52(46)58(49(45)4-2)41-26-14-7-15-27-41)60(43-30-18-9-19-31-43)51-33-20-32-50-55(51)56(48)47-35-34-44(36-53(47)59(50)42-28-16-8-17-29-42)57(39-22-10-5-11-23-39)40-24-12-6-13-25-40/h3-38H,2H2,1H3/b21-3-. The fourth-order valence-electron chi connectivity index (χ4n) is 9.59. The van der Waals surface area contributed by atoms with Crippen molar-refractivity contribution in [3.05, 3.63) is 224 Å². The van der Waals surface area contributed by atoms with E-state index in [1.807, 2.05) is 6.08 Å². The second-order valence-corrected chi connectivity index (χ2v) is 15.3. The number of aromatic nitrogens is 1. The fourth-order valence-corrected chi connectivity index (χ4v) is 9.59. The van der Waals surface area contributed by atoms with Crippen molar-refractivity contribution in [2.24, 2.45) is 0 Å². The minimum atomic E-state index is -0.0489. The van der Waals surface area contributed by atoms with Crippen LogP contribution in [0.15, 0.2) is 213 Å². The highest BCUT2D eigenvalue weighted by Crippen LogP contribution is 2.47. The number of rotatable bonds is 8. The van der Waals surface area contributed by atoms with Gasteiger partial charge in [-0.2, -0.15) is 0 Å². The monoisotopic (exact) mass is 768 g/mol. The molecule has 0 atom stereocenters. The SMILES string of the molecule is C=Cc1c(/C=C\C)c2cc3c(cc2n1-c1ccccc1)N(c1ccccc1)c1cccc2c1B3c1ccc(N(c3ccccc3)c3ccccc3)cc1N2c1ccccc1. The highest BCUT2D eigenvalue weighted by Gasteiger charge is 2.44. The van der Waals surface area contributed by atoms with Gasteiger partial charge in [-0.05, 0) is 120 Å². The highest BCUT2D eigenvalue weighted by molar-refractivity contribution is 7.00. The number of benzene rings is 8. The number of allylic oxidation sites excluding steroid dienone is 1. The van der Waals surface area contributed by atoms with Crippen molar-refractivity contribution >= 4 is 97.3 Å². The second-order valence-electron chi connectivity index (χ2n) is 15.3. The Kier molecular flexibility index (Phi) is 8.60. The predicted molar refractivity (Wildman–Crippen MR) is 257 cm³/mol. The summed E-state index contributed by atoms with van der Waals surface area (Å²) in [6.07, 6.45) is 6.38. The zero-order chi connectivity index (χ0) is 40.2. The molecule has 4 nitrogen and oxygen atoms in total. The van der Waals surface area contributed by atoms with Crippen LogP contribution in [0.3, 0.4) is 0 Å². The molecule has 3 heterocycles. The lowest BCUT2D eigenvalue weighted by Crippen LogP contribution is -2.61. The van der Waals surface area contributed by atoms with Crippen molar-refractivity contribution in [1.29, 1.82) is 0 Å². The number of anilines is 9. The van der Waals surface area contributed by atoms with Crippen LogP contribution in [0.2, 0.25) is 0 Å². The van der Waals surface area contributed by atoms with Crippen LogP contribution in [-0.2, 0) is 0 Å². The average molecular weight is 769 g/mol. The van der Waals surface area contributed by atoms with E-state index in [9.17, 15) is 0 Å². The summed E-state index contributed by atoms with van der Waals surface area (Å²) < 4.78 is 2.37. The largest absolute Gasteiger partial charge is 0.311 e. The van der Waals surface area contributed by atoms with Crippen LogP contribution in [0, 0.1) is 0 Å². The van der Waals surface area contributed by atoms with Gasteiger partial charge >= 0.3 is 0 Å². The molecule has 0 amide bonds. The third-order valence-corrected chi connectivity index (χ3v) is 12.0. The molecule has 9 aromatic rings. The van der Waals surface area contributed by atoms with Gasteiger partial charge in [0.1, 0.15) is 0 Å². The number of nitrogens with zero attached hydrogens (tertiary/aromatic N) is 4. The Bertz CT molecular complexity index is 3030. The molecule has 0 unspecified atom stereocenters. The molecule has 0 aliphatic carbocycles. The Morgan fingerprint density at radius 2 is 1.00 bits per heavy atom. The van der Waals surface area contributed by atoms with Crippen molar-refractivity contribution < 1.29 is 0 Å². The lowest BCUT2D eigenvalue weighted by atomic mass is 9.33. The van der Waals surface area contributed by atoms with E-state index in [1.165, 1.54) is 38.8 Å². The maximum absolute atomic E-state index is 4.36. The Morgan fingerprint density at radius 3 is 1.53 bits per heavy atom. The highest BCUT2D eigenvalue weighted by atomic mass is 15.2. The van der Waals surface area contributed by atoms with Crippen LogP contribution in [0.25, 0.3) is 28.7 Å². The zero-order valence-corrected chi connectivity index (χ0v) is 33.4. The van der Waals surface area contributed by atoms with Gasteiger partial charge < -0.3 is 19.3 Å². The minimum Gasteiger partial charge on any atom is -0.311 e. The van der Waals surface area contributed by atoms with Crippen LogP contribution in [0.5, 0.6) is 0 Å². The molecular weight excluding hydrogens is 727 g/mol. The first kappa shape index (κ1) is 35.4. The summed E-state index contributed by atoms with van der Waals surface area (Å²) in [4.78, 5) is 7.31. The second kappa shape index (κ2) is 14.6. The summed E-state index contributed by atoms with van der Waals surface area (Å²) in [6.45, 7) is 6.40. The number of para-hydroxylation sites is 5. The Morgan fingerprint density at radius 1 is 0.483 bits per heavy atom. The van der Waals surface area contributed by atoms with Crippen molar-refractivity contribution in [2.75, 3.05) is 14.7 Å². The number of hydrogen-bond acceptors (Lipinski definition) is 3. The molecular formula is C55H41BN4. The number of fused-ring (bicyclic) bond motifs is 5. The summed E-state index contributed by atoms with van der Waals surface area (Å²) in [6, 6.07) is 72.5. The van der Waals surface area contributed by atoms with E-state index in [4.69, 9.17) is 0 Å². The topological polar surface area (TPSA) is 14.7 Å². The van der Waals surface area contributed by atoms with Crippen LogP contribution >= 0.6 is 0 Å². The van der Waals surface area contributed by atoms with E-state index in [0.717, 1.165) is 56.6 Å². The van der Waals surface area contributed by atoms with E-state index in [2.05, 4.69) is 245 Å². The fraction of sp³-hybridized carbons (Fsp3) is 0.0182. The summed E-state index contributed by atoms with van der Waals surface area (Å²) in [5.74, 6) is 0. The van der Waals surface area contributed by atoms with E-state index in [1.54, 1.807) is 0 Å². The Labute approximate surface area is 351 Å². The van der Waals surface area contributed by atoms with Crippen molar-refractivity contribution in [2.45, 2.75) is 6.92 Å². The molecule has 0 saturated heterocycles. The predicted octanol–water partition coefficient (Wildman–Crippen LogP) is 12.9. The molecule has 2 aliphatic heterocycles. The van der Waals surface area contributed by atoms with E-state index in [0.29, 0.717) is 0 Å². The maximum atomic E-state index is 4.36. The van der Waals surface area contributed by atoms with E-state index in [-0.39, 0.29) is 6.71 Å². The Balaban J connectivity index is 1.24. The van der Waals surface area contributed by atoms with Gasteiger partial charge in [0.25, 0.3) is 6.71 Å². The molecule has 0 radical (unpaired) electrons. The molecule has 0 bridgehead atoms. The van der Waals surface area contributed by atoms with Crippen LogP contribution in [-0.4, -0.2) is 11.3 Å². The molecule has 5 heteroatoms. The third-order valence-electron chi connectivity index (χ3n) is 12.0. The molecule has 0 fully saturated rings. The maximum Gasteiger partial charge on any atom is 0.252 e. The van der Waals surface area contributed by atoms with Gasteiger partial charge in [-0.3, -0.25) is 0 Å². The molecule has 284 valence electrons. The third kappa shape index (κ3) is 5.54. The first-order chi connectivity index (χ1) is 29.7. The lowest BCUT2D eigenvalue weighted by Gasteiger charge is -2.44. The summed E-state index contributed by atoms with van der Waals surface area (Å²) in [5.41, 5.74) is 18.5. The quantitative estimate of drug-likeness (QED) is 0.143. The smallest absolute Gasteiger partial charge is 0.252 e. The summed E-state index contributed by atoms with van der Waals surface area (Å²) in [5, 5.41) is 1.20. The number of hydrogen-bond donors (Lipinski definition) is 0. The molecule has 0 spiro atoms. The molecule has 0 saturated carbocycles. The summed E-state index contributed by atoms with van der Waals surface area (Å²) >= 11 is 0. The van der Waals surface area contributed by atoms with Gasteiger partial charge in [0.15, 0.2) is 0 Å². The van der Waals surface area contributed by atoms with E-state index >= 15 is 0 Å². The van der Waals surface area contributed by atoms with Gasteiger partial charge in [-0.1, -0.05) is 128 Å². The minimum absolute atomic E-state index is 0.0489. The van der Waals surface area contributed by atoms with Crippen molar-refractivity contribution in [3.63, 3.8) is 0 Å². The average Bonchev–Trinajstić information content (AvgIpc) is 3.61. The van der Waals surface area contributed by atoms with E-state index < -0.39 is 0 Å². The molecule has 0 N–H and O–H groups in total. The van der Waals surface area contributed by atoms with Crippen LogP contribution in [0.4, 0.5) is 51.2 Å². The first-order valence-electron chi connectivity index (χ1n) is 20.6. The Hall–Kier alpha value is -7.76. The van der Waals surface area contributed by atoms with Crippen molar-refractivity contribution in [1.82, 2.24) is 4.57 Å².